The monoisotopic (exact) mass is 370 g/mol. The van der Waals surface area contributed by atoms with Crippen molar-refractivity contribution in [2.45, 2.75) is 85.5 Å². The second kappa shape index (κ2) is 7.08. The van der Waals surface area contributed by atoms with E-state index in [1.54, 1.807) is 5.57 Å². The highest BCUT2D eigenvalue weighted by Gasteiger charge is 2.59. The highest BCUT2D eigenvalue weighted by atomic mass is 16.5. The Morgan fingerprint density at radius 2 is 1.93 bits per heavy atom. The van der Waals surface area contributed by atoms with Crippen LogP contribution in [0.5, 0.6) is 0 Å². The molecule has 0 saturated heterocycles. The Morgan fingerprint density at radius 3 is 2.70 bits per heavy atom. The smallest absolute Gasteiger partial charge is 0.139 e. The number of allylic oxidation sites excluding steroid dienone is 3. The van der Waals surface area contributed by atoms with Gasteiger partial charge >= 0.3 is 0 Å². The van der Waals surface area contributed by atoms with E-state index < -0.39 is 0 Å². The van der Waals surface area contributed by atoms with Gasteiger partial charge in [0.25, 0.3) is 0 Å². The van der Waals surface area contributed by atoms with Gasteiger partial charge in [-0.1, -0.05) is 46.1 Å². The predicted octanol–water partition coefficient (Wildman–Crippen LogP) is 6.46. The molecule has 0 aliphatic heterocycles. The van der Waals surface area contributed by atoms with Crippen LogP contribution in [0.25, 0.3) is 0 Å². The van der Waals surface area contributed by atoms with Crippen molar-refractivity contribution >= 4 is 5.78 Å². The lowest BCUT2D eigenvalue weighted by atomic mass is 9.46. The minimum Gasteiger partial charge on any atom is -0.494 e. The first-order chi connectivity index (χ1) is 12.9. The van der Waals surface area contributed by atoms with Crippen molar-refractivity contribution < 1.29 is 9.53 Å². The molecular formula is C25H38O2. The molecular weight excluding hydrogens is 332 g/mol. The van der Waals surface area contributed by atoms with E-state index >= 15 is 0 Å². The van der Waals surface area contributed by atoms with E-state index in [9.17, 15) is 4.79 Å². The first-order valence-electron chi connectivity index (χ1n) is 11.5. The molecule has 0 amide bonds. The second-order valence-corrected chi connectivity index (χ2v) is 10.2. The molecule has 3 fully saturated rings. The topological polar surface area (TPSA) is 26.3 Å². The van der Waals surface area contributed by atoms with E-state index in [4.69, 9.17) is 4.74 Å². The normalized spacial score (nSPS) is 43.3. The standard InChI is InChI=1S/C25H38O2/c1-5-6-7-14-27-19-15-17(2)25(4)18(16-19)8-9-20-21-10-11-23(26)24(21,3)13-12-22(20)25/h15-17,20-22H,5-14H2,1-4H3/t17-,20-,21-,22-,24-,25-/m0/s1. The van der Waals surface area contributed by atoms with Gasteiger partial charge in [0.05, 0.1) is 6.61 Å². The molecule has 0 spiro atoms. The first kappa shape index (κ1) is 19.3. The Kier molecular flexibility index (Phi) is 5.06. The van der Waals surface area contributed by atoms with Crippen molar-refractivity contribution in [3.63, 3.8) is 0 Å². The van der Waals surface area contributed by atoms with Gasteiger partial charge in [0.1, 0.15) is 11.5 Å². The van der Waals surface area contributed by atoms with Crippen molar-refractivity contribution in [3.8, 4) is 0 Å². The van der Waals surface area contributed by atoms with E-state index in [-0.39, 0.29) is 10.8 Å². The molecule has 0 unspecified atom stereocenters. The van der Waals surface area contributed by atoms with Crippen molar-refractivity contribution in [2.24, 2.45) is 34.5 Å². The lowest BCUT2D eigenvalue weighted by Gasteiger charge is -2.58. The fraction of sp³-hybridized carbons (Fsp3) is 0.800. The van der Waals surface area contributed by atoms with E-state index in [0.717, 1.165) is 49.9 Å². The molecule has 0 bridgehead atoms. The van der Waals surface area contributed by atoms with Crippen molar-refractivity contribution in [2.75, 3.05) is 6.61 Å². The number of ketones is 1. The molecule has 4 aliphatic rings. The molecule has 3 saturated carbocycles. The Hall–Kier alpha value is -1.05. The number of ether oxygens (including phenoxy) is 1. The molecule has 150 valence electrons. The average molecular weight is 371 g/mol. The molecule has 0 aromatic carbocycles. The lowest BCUT2D eigenvalue weighted by Crippen LogP contribution is -2.52. The maximum Gasteiger partial charge on any atom is 0.139 e. The van der Waals surface area contributed by atoms with Crippen molar-refractivity contribution in [1.29, 1.82) is 0 Å². The number of carbonyl (C=O) groups is 1. The van der Waals surface area contributed by atoms with Gasteiger partial charge in [-0.15, -0.1) is 0 Å². The maximum absolute atomic E-state index is 12.6. The highest BCUT2D eigenvalue weighted by molar-refractivity contribution is 5.87. The Labute approximate surface area is 165 Å². The van der Waals surface area contributed by atoms with Crippen LogP contribution in [-0.4, -0.2) is 12.4 Å². The molecule has 27 heavy (non-hydrogen) atoms. The van der Waals surface area contributed by atoms with Gasteiger partial charge in [0.15, 0.2) is 0 Å². The van der Waals surface area contributed by atoms with Crippen LogP contribution >= 0.6 is 0 Å². The molecule has 0 radical (unpaired) electrons. The maximum atomic E-state index is 12.6. The summed E-state index contributed by atoms with van der Waals surface area (Å²) in [5.74, 6) is 4.28. The zero-order valence-electron chi connectivity index (χ0n) is 17.9. The summed E-state index contributed by atoms with van der Waals surface area (Å²) in [6.45, 7) is 10.3. The van der Waals surface area contributed by atoms with Crippen LogP contribution in [0.1, 0.15) is 85.5 Å². The highest BCUT2D eigenvalue weighted by Crippen LogP contribution is 2.65. The summed E-state index contributed by atoms with van der Waals surface area (Å²) in [5.41, 5.74) is 1.86. The number of Topliss-reactive ketones (excluding diaryl/α,β-unsaturated/α-hetero) is 1. The minimum absolute atomic E-state index is 0.0139. The van der Waals surface area contributed by atoms with Gasteiger partial charge in [0.2, 0.25) is 0 Å². The second-order valence-electron chi connectivity index (χ2n) is 10.2. The molecule has 0 heterocycles. The number of unbranched alkanes of at least 4 members (excludes halogenated alkanes) is 2. The third-order valence-corrected chi connectivity index (χ3v) is 9.05. The quantitative estimate of drug-likeness (QED) is 0.519. The molecule has 6 atom stereocenters. The molecule has 4 rings (SSSR count). The van der Waals surface area contributed by atoms with Crippen LogP contribution < -0.4 is 0 Å². The summed E-state index contributed by atoms with van der Waals surface area (Å²) in [7, 11) is 0. The SMILES string of the molecule is CCCCCOC1=C[C@H](C)[C@@]2(C)C(=C1)CC[C@@H]1[C@@H]2CC[C@]2(C)C(=O)CC[C@@H]12. The van der Waals surface area contributed by atoms with Crippen molar-refractivity contribution in [3.05, 3.63) is 23.5 Å². The largest absolute Gasteiger partial charge is 0.494 e. The zero-order chi connectivity index (χ0) is 19.2. The Bertz CT molecular complexity index is 659. The number of carbonyl (C=O) groups excluding carboxylic acids is 1. The van der Waals surface area contributed by atoms with E-state index in [1.165, 1.54) is 32.1 Å². The minimum atomic E-state index is -0.0139. The van der Waals surface area contributed by atoms with Crippen LogP contribution in [-0.2, 0) is 9.53 Å². The summed E-state index contributed by atoms with van der Waals surface area (Å²) in [6, 6.07) is 0. The molecule has 0 N–H and O–H groups in total. The van der Waals surface area contributed by atoms with Gasteiger partial charge in [0, 0.05) is 11.8 Å². The molecule has 2 nitrogen and oxygen atoms in total. The fourth-order valence-electron chi connectivity index (χ4n) is 7.16. The van der Waals surface area contributed by atoms with Crippen molar-refractivity contribution in [1.82, 2.24) is 0 Å². The third kappa shape index (κ3) is 2.93. The summed E-state index contributed by atoms with van der Waals surface area (Å²) < 4.78 is 6.12. The summed E-state index contributed by atoms with van der Waals surface area (Å²) in [4.78, 5) is 12.6. The lowest BCUT2D eigenvalue weighted by molar-refractivity contribution is -0.132. The number of hydrogen-bond donors (Lipinski definition) is 0. The van der Waals surface area contributed by atoms with E-state index in [1.807, 2.05) is 0 Å². The van der Waals surface area contributed by atoms with E-state index in [0.29, 0.717) is 17.6 Å². The van der Waals surface area contributed by atoms with Crippen LogP contribution in [0.15, 0.2) is 23.5 Å². The van der Waals surface area contributed by atoms with Gasteiger partial charge in [-0.3, -0.25) is 4.79 Å². The summed E-state index contributed by atoms with van der Waals surface area (Å²) in [6.07, 6.45) is 15.2. The van der Waals surface area contributed by atoms with Gasteiger partial charge in [-0.2, -0.15) is 0 Å². The number of rotatable bonds is 5. The van der Waals surface area contributed by atoms with Gasteiger partial charge in [-0.25, -0.2) is 0 Å². The fourth-order valence-corrected chi connectivity index (χ4v) is 7.16. The Balaban J connectivity index is 1.54. The van der Waals surface area contributed by atoms with Crippen LogP contribution in [0.4, 0.5) is 0 Å². The Morgan fingerprint density at radius 1 is 1.11 bits per heavy atom. The van der Waals surface area contributed by atoms with Gasteiger partial charge < -0.3 is 4.74 Å². The van der Waals surface area contributed by atoms with Crippen LogP contribution in [0.2, 0.25) is 0 Å². The van der Waals surface area contributed by atoms with Gasteiger partial charge in [-0.05, 0) is 79.8 Å². The molecule has 2 heteroatoms. The molecule has 4 aliphatic carbocycles. The molecule has 0 aromatic heterocycles. The predicted molar refractivity (Wildman–Crippen MR) is 110 cm³/mol. The summed E-state index contributed by atoms with van der Waals surface area (Å²) in [5, 5.41) is 0. The number of hydrogen-bond acceptors (Lipinski definition) is 2. The first-order valence-corrected chi connectivity index (χ1v) is 11.5. The van der Waals surface area contributed by atoms with Crippen LogP contribution in [0, 0.1) is 34.5 Å². The summed E-state index contributed by atoms with van der Waals surface area (Å²) >= 11 is 0. The molecule has 0 aromatic rings. The van der Waals surface area contributed by atoms with Crippen LogP contribution in [0.3, 0.4) is 0 Å². The zero-order valence-corrected chi connectivity index (χ0v) is 17.9. The average Bonchev–Trinajstić information content (AvgIpc) is 2.95. The number of fused-ring (bicyclic) bond motifs is 5. The third-order valence-electron chi connectivity index (χ3n) is 9.05. The van der Waals surface area contributed by atoms with E-state index in [2.05, 4.69) is 39.8 Å².